The van der Waals surface area contributed by atoms with Crippen LogP contribution in [0.1, 0.15) is 50.4 Å². The molecule has 1 atom stereocenters. The van der Waals surface area contributed by atoms with Crippen LogP contribution in [0, 0.1) is 0 Å². The van der Waals surface area contributed by atoms with Gasteiger partial charge in [-0.25, -0.2) is 4.98 Å². The van der Waals surface area contributed by atoms with Crippen molar-refractivity contribution in [2.75, 3.05) is 10.6 Å². The molecule has 0 saturated carbocycles. The van der Waals surface area contributed by atoms with Crippen molar-refractivity contribution in [2.24, 2.45) is 0 Å². The maximum atomic E-state index is 12.7. The van der Waals surface area contributed by atoms with Crippen LogP contribution in [0.3, 0.4) is 0 Å². The van der Waals surface area contributed by atoms with E-state index in [9.17, 15) is 14.4 Å². The lowest BCUT2D eigenvalue weighted by atomic mass is 10.1. The molecule has 6 nitrogen and oxygen atoms in total. The van der Waals surface area contributed by atoms with Gasteiger partial charge in [0.1, 0.15) is 0 Å². The van der Waals surface area contributed by atoms with Crippen LogP contribution in [0.15, 0.2) is 46.8 Å². The minimum absolute atomic E-state index is 0.0000161. The van der Waals surface area contributed by atoms with E-state index in [-0.39, 0.29) is 22.8 Å². The van der Waals surface area contributed by atoms with Crippen molar-refractivity contribution >= 4 is 62.3 Å². The highest BCUT2D eigenvalue weighted by molar-refractivity contribution is 8.02. The van der Waals surface area contributed by atoms with E-state index in [0.717, 1.165) is 26.7 Å². The molecule has 2 amide bonds. The highest BCUT2D eigenvalue weighted by Gasteiger charge is 2.20. The third kappa shape index (κ3) is 6.15. The van der Waals surface area contributed by atoms with Crippen molar-refractivity contribution in [3.63, 3.8) is 0 Å². The summed E-state index contributed by atoms with van der Waals surface area (Å²) >= 11 is 2.94. The highest BCUT2D eigenvalue weighted by atomic mass is 32.2. The Balaban J connectivity index is 1.68. The van der Waals surface area contributed by atoms with Gasteiger partial charge in [0.25, 0.3) is 0 Å². The van der Waals surface area contributed by atoms with Gasteiger partial charge in [0.15, 0.2) is 10.1 Å². The second kappa shape index (κ2) is 10.5. The average Bonchev–Trinajstić information content (AvgIpc) is 3.14. The molecule has 0 unspecified atom stereocenters. The molecular formula is C23H25N3O3S2. The number of benzene rings is 2. The Kier molecular flexibility index (Phi) is 7.81. The van der Waals surface area contributed by atoms with Crippen LogP contribution in [0.25, 0.3) is 10.2 Å². The molecule has 162 valence electrons. The number of anilines is 2. The van der Waals surface area contributed by atoms with Crippen LogP contribution in [-0.2, 0) is 9.59 Å². The van der Waals surface area contributed by atoms with Gasteiger partial charge in [-0.3, -0.25) is 14.4 Å². The largest absolute Gasteiger partial charge is 0.326 e. The van der Waals surface area contributed by atoms with Crippen molar-refractivity contribution in [2.45, 2.75) is 49.6 Å². The average molecular weight is 456 g/mol. The van der Waals surface area contributed by atoms with Gasteiger partial charge in [0, 0.05) is 23.4 Å². The fourth-order valence-corrected chi connectivity index (χ4v) is 5.21. The van der Waals surface area contributed by atoms with E-state index in [2.05, 4.69) is 15.6 Å². The molecule has 0 spiro atoms. The number of fused-ring (bicyclic) bond motifs is 1. The molecule has 0 radical (unpaired) electrons. The van der Waals surface area contributed by atoms with Crippen molar-refractivity contribution in [1.82, 2.24) is 4.98 Å². The third-order valence-corrected chi connectivity index (χ3v) is 7.07. The van der Waals surface area contributed by atoms with Crippen molar-refractivity contribution < 1.29 is 14.4 Å². The van der Waals surface area contributed by atoms with Gasteiger partial charge in [-0.2, -0.15) is 0 Å². The van der Waals surface area contributed by atoms with Gasteiger partial charge < -0.3 is 10.6 Å². The molecule has 3 aromatic rings. The summed E-state index contributed by atoms with van der Waals surface area (Å²) in [5.74, 6) is -0.112. The summed E-state index contributed by atoms with van der Waals surface area (Å²) in [7, 11) is 0. The van der Waals surface area contributed by atoms with Crippen LogP contribution < -0.4 is 10.6 Å². The smallest absolute Gasteiger partial charge is 0.237 e. The predicted molar refractivity (Wildman–Crippen MR) is 128 cm³/mol. The molecule has 0 fully saturated rings. The first-order chi connectivity index (χ1) is 14.9. The van der Waals surface area contributed by atoms with Crippen LogP contribution in [0.4, 0.5) is 11.4 Å². The van der Waals surface area contributed by atoms with E-state index >= 15 is 0 Å². The Hall–Kier alpha value is -2.71. The fourth-order valence-electron chi connectivity index (χ4n) is 2.94. The molecule has 0 bridgehead atoms. The Bertz CT molecular complexity index is 1090. The molecule has 1 heterocycles. The monoisotopic (exact) mass is 455 g/mol. The summed E-state index contributed by atoms with van der Waals surface area (Å²) in [6.07, 6.45) is 1.94. The quantitative estimate of drug-likeness (QED) is 0.317. The molecular weight excluding hydrogens is 430 g/mol. The highest BCUT2D eigenvalue weighted by Crippen LogP contribution is 2.34. The molecule has 3 rings (SSSR count). The Morgan fingerprint density at radius 2 is 1.74 bits per heavy atom. The summed E-state index contributed by atoms with van der Waals surface area (Å²) < 4.78 is 1.77. The van der Waals surface area contributed by atoms with E-state index in [0.29, 0.717) is 24.1 Å². The number of Topliss-reactive ketones (excluding diaryl/α,β-unsaturated/α-hetero) is 1. The summed E-state index contributed by atoms with van der Waals surface area (Å²) in [4.78, 5) is 40.6. The second-order valence-electron chi connectivity index (χ2n) is 7.10. The van der Waals surface area contributed by atoms with Crippen LogP contribution in [-0.4, -0.2) is 27.8 Å². The number of hydrogen-bond donors (Lipinski definition) is 2. The van der Waals surface area contributed by atoms with Gasteiger partial charge >= 0.3 is 0 Å². The minimum atomic E-state index is -0.295. The molecule has 0 aliphatic heterocycles. The maximum absolute atomic E-state index is 12.7. The first-order valence-electron chi connectivity index (χ1n) is 10.2. The number of carbonyl (C=O) groups excluding carboxylic acids is 3. The first kappa shape index (κ1) is 23.0. The zero-order valence-electron chi connectivity index (χ0n) is 17.7. The molecule has 31 heavy (non-hydrogen) atoms. The van der Waals surface area contributed by atoms with E-state index in [1.807, 2.05) is 32.0 Å². The number of rotatable bonds is 9. The zero-order chi connectivity index (χ0) is 22.4. The number of thioether (sulfide) groups is 1. The molecule has 8 heteroatoms. The number of nitrogens with zero attached hydrogens (tertiary/aromatic N) is 1. The Morgan fingerprint density at radius 3 is 2.39 bits per heavy atom. The van der Waals surface area contributed by atoms with Crippen LogP contribution >= 0.6 is 23.1 Å². The normalized spacial score (nSPS) is 11.8. The van der Waals surface area contributed by atoms with E-state index < -0.39 is 0 Å². The molecule has 2 aromatic carbocycles. The maximum Gasteiger partial charge on any atom is 0.237 e. The topological polar surface area (TPSA) is 88.2 Å². The lowest BCUT2D eigenvalue weighted by Gasteiger charge is -2.13. The van der Waals surface area contributed by atoms with Crippen LogP contribution in [0.5, 0.6) is 0 Å². The standard InChI is InChI=1S/C23H25N3O3S2/c1-4-6-21(28)24-17-11-12-18-20(13-17)31-23(26-18)30-19(5-2)22(29)25-16-9-7-15(8-10-16)14(3)27/h7-13,19H,4-6H2,1-3H3,(H,24,28)(H,25,29)/t19-/m1/s1. The Labute approximate surface area is 189 Å². The summed E-state index contributed by atoms with van der Waals surface area (Å²) in [5, 5.41) is 5.52. The number of nitrogens with one attached hydrogen (secondary N) is 2. The third-order valence-electron chi connectivity index (χ3n) is 4.59. The summed E-state index contributed by atoms with van der Waals surface area (Å²) in [5.41, 5.74) is 2.87. The molecule has 0 aliphatic rings. The van der Waals surface area contributed by atoms with E-state index in [4.69, 9.17) is 0 Å². The fraction of sp³-hybridized carbons (Fsp3) is 0.304. The number of ketones is 1. The zero-order valence-corrected chi connectivity index (χ0v) is 19.4. The van der Waals surface area contributed by atoms with Gasteiger partial charge in [0.05, 0.1) is 15.5 Å². The first-order valence-corrected chi connectivity index (χ1v) is 11.9. The van der Waals surface area contributed by atoms with Crippen molar-refractivity contribution in [1.29, 1.82) is 0 Å². The molecule has 0 aliphatic carbocycles. The number of amides is 2. The van der Waals surface area contributed by atoms with Gasteiger partial charge in [-0.1, -0.05) is 25.6 Å². The number of thiazole rings is 1. The lowest BCUT2D eigenvalue weighted by molar-refractivity contribution is -0.116. The lowest BCUT2D eigenvalue weighted by Crippen LogP contribution is -2.24. The molecule has 2 N–H and O–H groups in total. The van der Waals surface area contributed by atoms with Crippen LogP contribution in [0.2, 0.25) is 0 Å². The number of hydrogen-bond acceptors (Lipinski definition) is 6. The van der Waals surface area contributed by atoms with Gasteiger partial charge in [-0.05, 0) is 62.2 Å². The second-order valence-corrected chi connectivity index (χ2v) is 9.58. The summed E-state index contributed by atoms with van der Waals surface area (Å²) in [6.45, 7) is 5.44. The van der Waals surface area contributed by atoms with Gasteiger partial charge in [0.2, 0.25) is 11.8 Å². The summed E-state index contributed by atoms with van der Waals surface area (Å²) in [6, 6.07) is 12.5. The number of aromatic nitrogens is 1. The van der Waals surface area contributed by atoms with Crippen molar-refractivity contribution in [3.8, 4) is 0 Å². The minimum Gasteiger partial charge on any atom is -0.326 e. The molecule has 1 aromatic heterocycles. The number of carbonyl (C=O) groups is 3. The molecule has 0 saturated heterocycles. The Morgan fingerprint density at radius 1 is 1.03 bits per heavy atom. The van der Waals surface area contributed by atoms with E-state index in [1.165, 1.54) is 30.0 Å². The van der Waals surface area contributed by atoms with E-state index in [1.54, 1.807) is 24.3 Å². The van der Waals surface area contributed by atoms with Gasteiger partial charge in [-0.15, -0.1) is 11.3 Å². The predicted octanol–water partition coefficient (Wildman–Crippen LogP) is 5.75. The van der Waals surface area contributed by atoms with Crippen molar-refractivity contribution in [3.05, 3.63) is 48.0 Å². The SMILES string of the molecule is CCCC(=O)Nc1ccc2nc(S[C@H](CC)C(=O)Nc3ccc(C(C)=O)cc3)sc2c1.